The molecule has 1 aliphatic carbocycles. The predicted octanol–water partition coefficient (Wildman–Crippen LogP) is 4.92. The van der Waals surface area contributed by atoms with Gasteiger partial charge in [-0.05, 0) is 67.1 Å². The molecule has 2 fully saturated rings. The highest BCUT2D eigenvalue weighted by atomic mass is 16.2. The van der Waals surface area contributed by atoms with Crippen LogP contribution in [0.4, 0.5) is 5.69 Å². The van der Waals surface area contributed by atoms with E-state index in [0.717, 1.165) is 47.7 Å². The highest BCUT2D eigenvalue weighted by Gasteiger charge is 2.31. The third kappa shape index (κ3) is 5.21. The lowest BCUT2D eigenvalue weighted by Crippen LogP contribution is -2.45. The summed E-state index contributed by atoms with van der Waals surface area (Å²) in [6.07, 6.45) is 3.51. The number of anilines is 1. The summed E-state index contributed by atoms with van der Waals surface area (Å²) in [5.74, 6) is -0.0353. The normalized spacial score (nSPS) is 18.7. The van der Waals surface area contributed by atoms with Gasteiger partial charge in [0, 0.05) is 30.3 Å². The van der Waals surface area contributed by atoms with E-state index in [1.165, 1.54) is 0 Å². The number of hydrogen-bond acceptors (Lipinski definition) is 3. The van der Waals surface area contributed by atoms with E-state index in [2.05, 4.69) is 10.6 Å². The van der Waals surface area contributed by atoms with Gasteiger partial charge in [0.1, 0.15) is 0 Å². The third-order valence-corrected chi connectivity index (χ3v) is 7.08. The van der Waals surface area contributed by atoms with Crippen LogP contribution in [0.1, 0.15) is 54.6 Å². The van der Waals surface area contributed by atoms with E-state index in [9.17, 15) is 14.4 Å². The molecule has 1 saturated heterocycles. The quantitative estimate of drug-likeness (QED) is 0.538. The Hall–Kier alpha value is -3.67. The molecule has 3 aromatic rings. The summed E-state index contributed by atoms with van der Waals surface area (Å²) >= 11 is 0. The topological polar surface area (TPSA) is 78.5 Å². The summed E-state index contributed by atoms with van der Waals surface area (Å²) < 4.78 is 0. The average Bonchev–Trinajstić information content (AvgIpc) is 3.74. The molecule has 3 amide bonds. The summed E-state index contributed by atoms with van der Waals surface area (Å²) in [5.41, 5.74) is 2.44. The van der Waals surface area contributed by atoms with Gasteiger partial charge < -0.3 is 15.5 Å². The van der Waals surface area contributed by atoms with Crippen LogP contribution in [0.25, 0.3) is 10.8 Å². The monoisotopic (exact) mass is 469 g/mol. The first-order valence-electron chi connectivity index (χ1n) is 12.5. The van der Waals surface area contributed by atoms with Gasteiger partial charge >= 0.3 is 0 Å². The fraction of sp³-hybridized carbons (Fsp3) is 0.345. The number of benzene rings is 3. The van der Waals surface area contributed by atoms with Crippen molar-refractivity contribution in [1.29, 1.82) is 0 Å². The maximum absolute atomic E-state index is 13.3. The van der Waals surface area contributed by atoms with E-state index in [1.807, 2.05) is 78.6 Å². The van der Waals surface area contributed by atoms with Gasteiger partial charge in [0.2, 0.25) is 11.8 Å². The summed E-state index contributed by atoms with van der Waals surface area (Å²) in [5, 5.41) is 8.04. The Labute approximate surface area is 205 Å². The number of piperidine rings is 1. The number of carbonyl (C=O) groups excluding carboxylic acids is 3. The van der Waals surface area contributed by atoms with Crippen molar-refractivity contribution in [2.75, 3.05) is 18.4 Å². The molecular weight excluding hydrogens is 438 g/mol. The smallest absolute Gasteiger partial charge is 0.254 e. The highest BCUT2D eigenvalue weighted by molar-refractivity contribution is 6.07. The molecule has 0 bridgehead atoms. The molecule has 180 valence electrons. The Morgan fingerprint density at radius 3 is 2.37 bits per heavy atom. The molecule has 0 radical (unpaired) electrons. The summed E-state index contributed by atoms with van der Waals surface area (Å²) in [4.78, 5) is 40.2. The fourth-order valence-electron chi connectivity index (χ4n) is 4.82. The van der Waals surface area contributed by atoms with Crippen LogP contribution >= 0.6 is 0 Å². The highest BCUT2D eigenvalue weighted by Crippen LogP contribution is 2.30. The number of fused-ring (bicyclic) bond motifs is 1. The first-order chi connectivity index (χ1) is 17.0. The van der Waals surface area contributed by atoms with Crippen molar-refractivity contribution in [3.05, 3.63) is 77.9 Å². The van der Waals surface area contributed by atoms with Crippen molar-refractivity contribution in [3.63, 3.8) is 0 Å². The lowest BCUT2D eigenvalue weighted by atomic mass is 9.95. The van der Waals surface area contributed by atoms with E-state index in [0.29, 0.717) is 18.7 Å². The minimum atomic E-state index is -0.234. The zero-order valence-electron chi connectivity index (χ0n) is 20.0. The van der Waals surface area contributed by atoms with Crippen LogP contribution in [0.15, 0.2) is 66.7 Å². The lowest BCUT2D eigenvalue weighted by molar-refractivity contribution is -0.127. The Kier molecular flexibility index (Phi) is 6.53. The molecule has 3 aromatic carbocycles. The van der Waals surface area contributed by atoms with Gasteiger partial charge in [-0.25, -0.2) is 0 Å². The van der Waals surface area contributed by atoms with E-state index < -0.39 is 0 Å². The van der Waals surface area contributed by atoms with E-state index in [4.69, 9.17) is 0 Å². The van der Waals surface area contributed by atoms with Crippen LogP contribution in [0.2, 0.25) is 0 Å². The van der Waals surface area contributed by atoms with Crippen molar-refractivity contribution < 1.29 is 14.4 Å². The van der Waals surface area contributed by atoms with Crippen molar-refractivity contribution in [1.82, 2.24) is 10.2 Å². The number of nitrogens with zero attached hydrogens (tertiary/aromatic N) is 1. The number of hydrogen-bond donors (Lipinski definition) is 2. The van der Waals surface area contributed by atoms with Crippen molar-refractivity contribution in [2.45, 2.75) is 38.6 Å². The number of amides is 3. The zero-order chi connectivity index (χ0) is 24.4. The number of carbonyl (C=O) groups is 3. The van der Waals surface area contributed by atoms with Crippen LogP contribution in [0.3, 0.4) is 0 Å². The van der Waals surface area contributed by atoms with Gasteiger partial charge in [0.15, 0.2) is 0 Å². The second kappa shape index (κ2) is 9.90. The molecule has 2 aliphatic rings. The zero-order valence-corrected chi connectivity index (χ0v) is 20.0. The molecule has 1 saturated carbocycles. The Bertz CT molecular complexity index is 1240. The van der Waals surface area contributed by atoms with Gasteiger partial charge in [-0.3, -0.25) is 14.4 Å². The molecule has 0 spiro atoms. The van der Waals surface area contributed by atoms with Gasteiger partial charge in [0.25, 0.3) is 5.91 Å². The summed E-state index contributed by atoms with van der Waals surface area (Å²) in [7, 11) is 0. The van der Waals surface area contributed by atoms with Crippen LogP contribution in [0, 0.1) is 11.8 Å². The van der Waals surface area contributed by atoms with E-state index in [-0.39, 0.29) is 35.6 Å². The number of nitrogens with one attached hydrogen (secondary N) is 2. The van der Waals surface area contributed by atoms with Gasteiger partial charge in [-0.1, -0.05) is 48.5 Å². The van der Waals surface area contributed by atoms with Crippen molar-refractivity contribution in [2.24, 2.45) is 11.8 Å². The van der Waals surface area contributed by atoms with Crippen LogP contribution < -0.4 is 10.6 Å². The molecule has 6 nitrogen and oxygen atoms in total. The summed E-state index contributed by atoms with van der Waals surface area (Å²) in [6, 6.07) is 21.1. The first kappa shape index (κ1) is 23.1. The molecule has 5 rings (SSSR count). The average molecular weight is 470 g/mol. The molecule has 0 aromatic heterocycles. The second-order valence-electron chi connectivity index (χ2n) is 9.73. The number of likely N-dealkylation sites (tertiary alicyclic amines) is 1. The maximum atomic E-state index is 13.3. The molecule has 1 heterocycles. The Morgan fingerprint density at radius 2 is 1.60 bits per heavy atom. The van der Waals surface area contributed by atoms with Gasteiger partial charge in [-0.2, -0.15) is 0 Å². The van der Waals surface area contributed by atoms with Crippen molar-refractivity contribution >= 4 is 34.2 Å². The van der Waals surface area contributed by atoms with Crippen LogP contribution in [-0.4, -0.2) is 35.7 Å². The molecule has 2 atom stereocenters. The number of rotatable bonds is 6. The first-order valence-corrected chi connectivity index (χ1v) is 12.5. The van der Waals surface area contributed by atoms with Crippen LogP contribution in [0.5, 0.6) is 0 Å². The predicted molar refractivity (Wildman–Crippen MR) is 137 cm³/mol. The Morgan fingerprint density at radius 1 is 0.857 bits per heavy atom. The molecule has 2 unspecified atom stereocenters. The second-order valence-corrected chi connectivity index (χ2v) is 9.73. The minimum absolute atomic E-state index is 0.0174. The van der Waals surface area contributed by atoms with E-state index in [1.54, 1.807) is 0 Å². The van der Waals surface area contributed by atoms with Crippen molar-refractivity contribution in [3.8, 4) is 0 Å². The third-order valence-electron chi connectivity index (χ3n) is 7.08. The SMILES string of the molecule is CC(NC(=O)C1CCCN(C(=O)c2cccc3ccccc23)C1)c1ccc(NC(=O)C2CC2)cc1. The summed E-state index contributed by atoms with van der Waals surface area (Å²) in [6.45, 7) is 3.04. The van der Waals surface area contributed by atoms with Crippen LogP contribution in [-0.2, 0) is 9.59 Å². The van der Waals surface area contributed by atoms with Gasteiger partial charge in [-0.15, -0.1) is 0 Å². The lowest BCUT2D eigenvalue weighted by Gasteiger charge is -2.33. The molecule has 1 aliphatic heterocycles. The molecule has 6 heteroatoms. The standard InChI is InChI=1S/C29H31N3O3/c1-19(20-13-15-24(16-14-20)31-27(33)22-11-12-22)30-28(34)23-8-5-17-32(18-23)29(35)26-10-4-7-21-6-2-3-9-25(21)26/h2-4,6-7,9-10,13-16,19,22-23H,5,8,11-12,17-18H2,1H3,(H,30,34)(H,31,33). The Balaban J connectivity index is 1.20. The fourth-order valence-corrected chi connectivity index (χ4v) is 4.82. The maximum Gasteiger partial charge on any atom is 0.254 e. The molecular formula is C29H31N3O3. The largest absolute Gasteiger partial charge is 0.349 e. The molecule has 2 N–H and O–H groups in total. The van der Waals surface area contributed by atoms with Gasteiger partial charge in [0.05, 0.1) is 12.0 Å². The minimum Gasteiger partial charge on any atom is -0.349 e. The molecule has 35 heavy (non-hydrogen) atoms. The van der Waals surface area contributed by atoms with E-state index >= 15 is 0 Å².